The maximum atomic E-state index is 12.4. The zero-order valence-corrected chi connectivity index (χ0v) is 40.1. The first-order chi connectivity index (χ1) is 43.2. The van der Waals surface area contributed by atoms with E-state index in [1.807, 2.05) is 0 Å². The predicted molar refractivity (Wildman–Crippen MR) is 278 cm³/mol. The molecule has 0 saturated carbocycles. The van der Waals surface area contributed by atoms with Crippen LogP contribution >= 0.6 is 0 Å². The first-order valence-corrected chi connectivity index (χ1v) is 22.5. The van der Waals surface area contributed by atoms with Gasteiger partial charge < -0.3 is 58.9 Å². The number of hydrogen-bond donors (Lipinski definition) is 3. The van der Waals surface area contributed by atoms with Gasteiger partial charge in [0.15, 0.2) is 0 Å². The van der Waals surface area contributed by atoms with Gasteiger partial charge in [-0.05, 0) is 75.9 Å². The first-order valence-electron chi connectivity index (χ1n) is 33.5. The molecule has 72 heavy (non-hydrogen) atoms. The lowest BCUT2D eigenvalue weighted by Gasteiger charge is -2.41. The molecule has 378 valence electrons. The van der Waals surface area contributed by atoms with Crippen LogP contribution in [0.2, 0.25) is 0 Å². The molecule has 0 aliphatic carbocycles. The number of nitrogens with zero attached hydrogens (tertiary/aromatic N) is 15. The normalized spacial score (nSPS) is 30.1. The van der Waals surface area contributed by atoms with E-state index in [0.29, 0.717) is 39.8 Å². The van der Waals surface area contributed by atoms with Gasteiger partial charge in [0.05, 0.1) is 42.4 Å². The molecule has 3 amide bonds. The number of carbonyl (C=O) groups is 3. The number of aryl methyl sites for hydroxylation is 3. The van der Waals surface area contributed by atoms with E-state index in [1.165, 1.54) is 16.7 Å². The largest absolute Gasteiger partial charge is 0.354 e. The molecule has 0 unspecified atom stereocenters. The van der Waals surface area contributed by atoms with Gasteiger partial charge in [-0.15, -0.1) is 0 Å². The number of carbonyl (C=O) groups excluding carboxylic acids is 3. The monoisotopic (exact) mass is 1000 g/mol. The van der Waals surface area contributed by atoms with Gasteiger partial charge in [-0.1, -0.05) is 20.7 Å². The van der Waals surface area contributed by atoms with Gasteiger partial charge in [0.2, 0.25) is 0 Å². The Morgan fingerprint density at radius 2 is 0.944 bits per heavy atom. The molecule has 6 aromatic heterocycles. The molecular weight excluding hydrogens is 913 g/mol. The van der Waals surface area contributed by atoms with Crippen LogP contribution < -0.4 is 14.7 Å². The average Bonchev–Trinajstić information content (AvgIpc) is 1.09. The minimum Gasteiger partial charge on any atom is -0.354 e. The molecule has 3 saturated heterocycles. The van der Waals surface area contributed by atoms with Gasteiger partial charge in [-0.25, -0.2) is 49.6 Å². The van der Waals surface area contributed by atoms with Crippen LogP contribution in [-0.4, -0.2) is 175 Å². The number of nitrogens with one attached hydrogen (secondary N) is 3. The smallest absolute Gasteiger partial charge is 0.302 e. The van der Waals surface area contributed by atoms with E-state index < -0.39 is 132 Å². The summed E-state index contributed by atoms with van der Waals surface area (Å²) in [5, 5.41) is 0.0693. The number of fused-ring (bicyclic) bond motifs is 3. The topological polar surface area (TPSA) is 208 Å². The Morgan fingerprint density at radius 3 is 1.32 bits per heavy atom. The summed E-state index contributed by atoms with van der Waals surface area (Å²) in [6.07, 6.45) is -1.39. The van der Waals surface area contributed by atoms with Gasteiger partial charge in [0.25, 0.3) is 19.6 Å². The van der Waals surface area contributed by atoms with Crippen molar-refractivity contribution in [1.82, 2.24) is 59.6 Å². The van der Waals surface area contributed by atoms with Crippen LogP contribution in [0.15, 0.2) is 37.0 Å². The van der Waals surface area contributed by atoms with Gasteiger partial charge in [0.1, 0.15) is 57.4 Å². The summed E-state index contributed by atoms with van der Waals surface area (Å²) in [6.45, 7) is 14.7. The molecule has 3 fully saturated rings. The molecule has 3 aliphatic rings. The van der Waals surface area contributed by atoms with Crippen LogP contribution in [-0.2, 0) is 14.4 Å². The van der Waals surface area contributed by atoms with E-state index in [-0.39, 0.29) is 102 Å². The third-order valence-corrected chi connectivity index (χ3v) is 12.2. The number of anilines is 3. The van der Waals surface area contributed by atoms with Crippen molar-refractivity contribution in [2.45, 2.75) is 78.8 Å². The van der Waals surface area contributed by atoms with Gasteiger partial charge in [0, 0.05) is 95.1 Å². The number of aromatic nitrogens is 9. The first kappa shape index (κ1) is 30.1. The number of likely N-dealkylation sites (tertiary alicyclic amines) is 3. The van der Waals surface area contributed by atoms with E-state index in [1.54, 1.807) is 27.7 Å². The van der Waals surface area contributed by atoms with Gasteiger partial charge in [-0.3, -0.25) is 14.4 Å². The molecule has 0 spiro atoms. The Bertz CT molecular complexity index is 4040. The molecular formula is C51H66N18O3. The van der Waals surface area contributed by atoms with Gasteiger partial charge >= 0.3 is 17.7 Å². The zero-order valence-electron chi connectivity index (χ0n) is 62.1. The highest BCUT2D eigenvalue weighted by Crippen LogP contribution is 2.32. The van der Waals surface area contributed by atoms with Crippen LogP contribution in [0.3, 0.4) is 0 Å². The number of piperidine rings is 3. The van der Waals surface area contributed by atoms with Gasteiger partial charge in [-0.2, -0.15) is 0 Å². The number of aromatic amines is 3. The predicted octanol–water partition coefficient (Wildman–Crippen LogP) is 5.58. The summed E-state index contributed by atoms with van der Waals surface area (Å²) >= 11 is 0. The molecule has 3 N–H and O–H groups in total. The Kier molecular flexibility index (Phi) is 9.59. The van der Waals surface area contributed by atoms with E-state index in [4.69, 9.17) is 48.5 Å². The zero-order chi connectivity index (χ0) is 70.7. The maximum absolute atomic E-state index is 12.4. The molecule has 9 heterocycles. The van der Waals surface area contributed by atoms with Crippen molar-refractivity contribution >= 4 is 68.3 Å². The van der Waals surface area contributed by atoms with Crippen LogP contribution in [0, 0.1) is 58.2 Å². The fraction of sp³-hybridized carbons (Fsp3) is 0.529. The lowest BCUT2D eigenvalue weighted by Crippen LogP contribution is -2.53. The van der Waals surface area contributed by atoms with Crippen molar-refractivity contribution in [3.8, 4) is 0 Å². The minimum absolute atomic E-state index is 0.00528. The van der Waals surface area contributed by atoms with Crippen molar-refractivity contribution in [3.05, 3.63) is 88.4 Å². The second-order valence-corrected chi connectivity index (χ2v) is 17.1. The third kappa shape index (κ3) is 11.5. The molecule has 0 aromatic carbocycles. The summed E-state index contributed by atoms with van der Waals surface area (Å²) < 4.78 is 182. The number of likely N-dealkylation sites (N-methyl/N-ethyl adjacent to an activating group) is 3. The van der Waals surface area contributed by atoms with E-state index in [2.05, 4.69) is 59.4 Å². The highest BCUT2D eigenvalue weighted by molar-refractivity contribution is 5.90. The van der Waals surface area contributed by atoms with Crippen molar-refractivity contribution in [2.24, 2.45) is 17.7 Å². The molecule has 6 atom stereocenters. The highest BCUT2D eigenvalue weighted by Gasteiger charge is 2.36. The summed E-state index contributed by atoms with van der Waals surface area (Å²) in [5.74, 6) is -6.29. The SMILES string of the molecule is [2H]c1nc(N(C([2H])([2H])[2H])[C@@]2([2H])CN(C(=O)C[N+]#[C-])CC[C@@]2([2H])C)c2c([2H])c(C)[nH]c2n1.[2H]c1nc(N(C([2H])([2H])[2H])[C@@]2([2H])CN(C(=O)C[N+]#[C-])CC[C@H]2C([2H])([2H])[2H])c2c([2H])c(C)[nH]c2n1.[2H]c1nc(N(C([2H])([2H])[2H])[C@@]2([2H])CN(C(=O)C[N+]#[C-])CC[C@H]2C)c2c([2H])c(C)[nH]c2n1. The van der Waals surface area contributed by atoms with E-state index in [9.17, 15) is 15.8 Å². The molecule has 0 radical (unpaired) electrons. The Labute approximate surface area is 451 Å². The maximum Gasteiger partial charge on any atom is 0.302 e. The quantitative estimate of drug-likeness (QED) is 0.152. The Hall–Kier alpha value is -7.86. The average molecular weight is 1000 g/mol. The van der Waals surface area contributed by atoms with Crippen molar-refractivity contribution in [2.75, 3.05) is 94.5 Å². The van der Waals surface area contributed by atoms with Crippen molar-refractivity contribution in [3.63, 3.8) is 0 Å². The summed E-state index contributed by atoms with van der Waals surface area (Å²) in [7, 11) is 0. The number of rotatable bonds is 9. The van der Waals surface area contributed by atoms with Crippen molar-refractivity contribution in [1.29, 1.82) is 0 Å². The second-order valence-electron chi connectivity index (χ2n) is 17.1. The lowest BCUT2D eigenvalue weighted by molar-refractivity contribution is -0.131. The Morgan fingerprint density at radius 1 is 0.597 bits per heavy atom. The van der Waals surface area contributed by atoms with Crippen LogP contribution in [0.1, 0.15) is 87.2 Å². The fourth-order valence-electron chi connectivity index (χ4n) is 8.26. The van der Waals surface area contributed by atoms with E-state index >= 15 is 0 Å². The summed E-state index contributed by atoms with van der Waals surface area (Å²) in [5.41, 5.74) is 1.37. The molecule has 21 nitrogen and oxygen atoms in total. The second kappa shape index (κ2) is 22.9. The molecule has 6 aromatic rings. The molecule has 9 rings (SSSR count). The number of H-pyrrole nitrogens is 3. The summed E-state index contributed by atoms with van der Waals surface area (Å²) in [6, 6.07) is -6.70. The molecule has 0 bridgehead atoms. The standard InChI is InChI=1S/3C17H22N6O/c3*1-11-5-6-23(15(24)8-18-3)9-14(11)22(4)17-13-7-12(2)21-16(13)19-10-20-17/h3*7,10-11,14H,5-6,8-9H2,1-2,4H3,(H,19,20,21)/t3*11-,14+/m111/s1/i4D3,7D,10D,11D,14D;1D3,4D3,7D,10D,14D;4D3,7D,10D,14D. The van der Waals surface area contributed by atoms with Crippen LogP contribution in [0.4, 0.5) is 17.5 Å². The van der Waals surface area contributed by atoms with Crippen molar-refractivity contribution < 1.29 is 44.5 Å². The lowest BCUT2D eigenvalue weighted by atomic mass is 9.92. The highest BCUT2D eigenvalue weighted by atomic mass is 16.2. The minimum atomic E-state index is -3.12. The third-order valence-electron chi connectivity index (χ3n) is 12.2. The number of hydrogen-bond acceptors (Lipinski definition) is 12. The van der Waals surface area contributed by atoms with Crippen LogP contribution in [0.25, 0.3) is 47.6 Å². The summed E-state index contributed by atoms with van der Waals surface area (Å²) in [4.78, 5) is 84.0. The Balaban J connectivity index is 0.000000200. The molecule has 21 heteroatoms. The molecule has 3 aliphatic heterocycles. The van der Waals surface area contributed by atoms with Crippen LogP contribution in [0.5, 0.6) is 0 Å². The van der Waals surface area contributed by atoms with E-state index in [0.717, 1.165) is 9.80 Å². The fourth-order valence-corrected chi connectivity index (χ4v) is 8.26. The number of amides is 3.